The van der Waals surface area contributed by atoms with Crippen LogP contribution < -0.4 is 20.3 Å². The molecule has 224 valence electrons. The maximum atomic E-state index is 13.1. The molecule has 13 heteroatoms. The first-order valence-electron chi connectivity index (χ1n) is 13.7. The van der Waals surface area contributed by atoms with Crippen LogP contribution in [0.15, 0.2) is 106 Å². The van der Waals surface area contributed by atoms with Crippen molar-refractivity contribution >= 4 is 44.2 Å². The molecular weight excluding hydrogens is 606 g/mol. The van der Waals surface area contributed by atoms with Crippen LogP contribution in [-0.4, -0.2) is 59.9 Å². The van der Waals surface area contributed by atoms with Crippen molar-refractivity contribution in [3.8, 4) is 5.75 Å². The summed E-state index contributed by atoms with van der Waals surface area (Å²) in [5.41, 5.74) is 0.100. The summed E-state index contributed by atoms with van der Waals surface area (Å²) in [7, 11) is -4.14. The standard InChI is InChI=1S/C31H26ClN5O6S/c32-24-8-6-22(7-9-24)30(39)36-16-14-35(15-17-36)29-18-28(38)34-31(40)37(29)20-21-4-10-25(11-5-21)43-44(41,42)27-3-1-2-23-19-33-13-12-26(23)27/h1-13,18-19H,14-17,20H2,(H,34,38,40). The van der Waals surface area contributed by atoms with Crippen LogP contribution in [0.4, 0.5) is 5.82 Å². The van der Waals surface area contributed by atoms with Gasteiger partial charge < -0.3 is 14.0 Å². The number of carbonyl (C=O) groups is 1. The van der Waals surface area contributed by atoms with Crippen molar-refractivity contribution in [1.29, 1.82) is 0 Å². The minimum atomic E-state index is -4.14. The third kappa shape index (κ3) is 6.08. The number of rotatable bonds is 7. The van der Waals surface area contributed by atoms with E-state index in [2.05, 4.69) is 9.97 Å². The van der Waals surface area contributed by atoms with Crippen molar-refractivity contribution in [1.82, 2.24) is 19.4 Å². The Bertz CT molecular complexity index is 2070. The van der Waals surface area contributed by atoms with Crippen LogP contribution in [0.1, 0.15) is 15.9 Å². The van der Waals surface area contributed by atoms with E-state index < -0.39 is 21.4 Å². The molecule has 0 aliphatic carbocycles. The van der Waals surface area contributed by atoms with Crippen LogP contribution in [0.3, 0.4) is 0 Å². The van der Waals surface area contributed by atoms with E-state index in [9.17, 15) is 22.8 Å². The number of hydrogen-bond acceptors (Lipinski definition) is 8. The van der Waals surface area contributed by atoms with Crippen molar-refractivity contribution in [3.05, 3.63) is 128 Å². The number of amides is 1. The lowest BCUT2D eigenvalue weighted by molar-refractivity contribution is 0.0746. The Hall–Kier alpha value is -4.94. The summed E-state index contributed by atoms with van der Waals surface area (Å²) in [6.07, 6.45) is 3.10. The number of aromatic amines is 1. The molecule has 3 heterocycles. The fourth-order valence-electron chi connectivity index (χ4n) is 5.15. The molecule has 1 fully saturated rings. The van der Waals surface area contributed by atoms with Gasteiger partial charge in [-0.3, -0.25) is 24.1 Å². The Morgan fingerprint density at radius 2 is 1.66 bits per heavy atom. The number of fused-ring (bicyclic) bond motifs is 1. The normalized spacial score (nSPS) is 13.7. The Morgan fingerprint density at radius 3 is 2.39 bits per heavy atom. The molecule has 3 aromatic carbocycles. The molecule has 1 saturated heterocycles. The van der Waals surface area contributed by atoms with Gasteiger partial charge in [0.25, 0.3) is 11.5 Å². The van der Waals surface area contributed by atoms with E-state index in [4.69, 9.17) is 15.8 Å². The van der Waals surface area contributed by atoms with Crippen LogP contribution in [0, 0.1) is 0 Å². The van der Waals surface area contributed by atoms with Gasteiger partial charge >= 0.3 is 15.8 Å². The van der Waals surface area contributed by atoms with Crippen molar-refractivity contribution in [3.63, 3.8) is 0 Å². The molecule has 11 nitrogen and oxygen atoms in total. The van der Waals surface area contributed by atoms with Gasteiger partial charge in [0.1, 0.15) is 16.5 Å². The zero-order chi connectivity index (χ0) is 30.8. The zero-order valence-corrected chi connectivity index (χ0v) is 24.8. The lowest BCUT2D eigenvalue weighted by Gasteiger charge is -2.36. The number of hydrogen-bond donors (Lipinski definition) is 1. The fourth-order valence-corrected chi connectivity index (χ4v) is 6.43. The highest BCUT2D eigenvalue weighted by molar-refractivity contribution is 7.87. The number of nitrogens with one attached hydrogen (secondary N) is 1. The average molecular weight is 632 g/mol. The molecule has 44 heavy (non-hydrogen) atoms. The van der Waals surface area contributed by atoms with Crippen LogP contribution in [-0.2, 0) is 16.7 Å². The first kappa shape index (κ1) is 29.1. The molecule has 0 radical (unpaired) electrons. The molecule has 1 amide bonds. The lowest BCUT2D eigenvalue weighted by Crippen LogP contribution is -2.50. The third-order valence-electron chi connectivity index (χ3n) is 7.37. The number of piperazine rings is 1. The van der Waals surface area contributed by atoms with Crippen LogP contribution in [0.25, 0.3) is 10.8 Å². The molecule has 0 atom stereocenters. The Kier molecular flexibility index (Phi) is 7.93. The fraction of sp³-hybridized carbons (Fsp3) is 0.161. The van der Waals surface area contributed by atoms with E-state index in [1.807, 2.05) is 4.90 Å². The van der Waals surface area contributed by atoms with Crippen molar-refractivity contribution in [2.24, 2.45) is 0 Å². The van der Waals surface area contributed by atoms with E-state index in [1.54, 1.807) is 65.7 Å². The maximum absolute atomic E-state index is 13.1. The summed E-state index contributed by atoms with van der Waals surface area (Å²) >= 11 is 5.94. The highest BCUT2D eigenvalue weighted by Gasteiger charge is 2.25. The molecule has 2 aromatic heterocycles. The van der Waals surface area contributed by atoms with Crippen LogP contribution >= 0.6 is 11.6 Å². The first-order valence-corrected chi connectivity index (χ1v) is 15.5. The van der Waals surface area contributed by atoms with Gasteiger partial charge in [-0.25, -0.2) is 4.79 Å². The Morgan fingerprint density at radius 1 is 0.932 bits per heavy atom. The summed E-state index contributed by atoms with van der Waals surface area (Å²) in [5, 5.41) is 1.72. The van der Waals surface area contributed by atoms with E-state index in [0.29, 0.717) is 58.9 Å². The highest BCUT2D eigenvalue weighted by Crippen LogP contribution is 2.26. The first-order chi connectivity index (χ1) is 21.2. The minimum absolute atomic E-state index is 0.0286. The molecule has 0 spiro atoms. The second-order valence-electron chi connectivity index (χ2n) is 10.2. The number of halogens is 1. The van der Waals surface area contributed by atoms with Crippen LogP contribution in [0.5, 0.6) is 5.75 Å². The van der Waals surface area contributed by atoms with E-state index >= 15 is 0 Å². The number of H-pyrrole nitrogens is 1. The number of nitrogens with zero attached hydrogens (tertiary/aromatic N) is 4. The van der Waals surface area contributed by atoms with E-state index in [1.165, 1.54) is 35.0 Å². The topological polar surface area (TPSA) is 135 Å². The molecule has 6 rings (SSSR count). The molecule has 1 N–H and O–H groups in total. The van der Waals surface area contributed by atoms with E-state index in [-0.39, 0.29) is 23.1 Å². The minimum Gasteiger partial charge on any atom is -0.379 e. The van der Waals surface area contributed by atoms with Crippen molar-refractivity contribution in [2.45, 2.75) is 11.4 Å². The van der Waals surface area contributed by atoms with Crippen LogP contribution in [0.2, 0.25) is 5.02 Å². The lowest BCUT2D eigenvalue weighted by atomic mass is 10.2. The van der Waals surface area contributed by atoms with Crippen molar-refractivity contribution < 1.29 is 17.4 Å². The largest absolute Gasteiger partial charge is 0.379 e. The van der Waals surface area contributed by atoms with Gasteiger partial charge in [-0.2, -0.15) is 8.42 Å². The molecule has 1 aliphatic heterocycles. The van der Waals surface area contributed by atoms with Gasteiger partial charge in [-0.1, -0.05) is 35.9 Å². The number of pyridine rings is 1. The maximum Gasteiger partial charge on any atom is 0.339 e. The second-order valence-corrected chi connectivity index (χ2v) is 12.2. The van der Waals surface area contributed by atoms with E-state index in [0.717, 1.165) is 0 Å². The van der Waals surface area contributed by atoms with Gasteiger partial charge in [0, 0.05) is 66.0 Å². The zero-order valence-electron chi connectivity index (χ0n) is 23.2. The number of anilines is 1. The van der Waals surface area contributed by atoms with Crippen molar-refractivity contribution in [2.75, 3.05) is 31.1 Å². The predicted octanol–water partition coefficient (Wildman–Crippen LogP) is 3.52. The number of carbonyl (C=O) groups excluding carboxylic acids is 1. The van der Waals surface area contributed by atoms with Gasteiger partial charge in [-0.15, -0.1) is 0 Å². The molecule has 0 unspecified atom stereocenters. The monoisotopic (exact) mass is 631 g/mol. The second kappa shape index (κ2) is 12.0. The highest BCUT2D eigenvalue weighted by atomic mass is 35.5. The van der Waals surface area contributed by atoms with Gasteiger partial charge in [0.15, 0.2) is 0 Å². The molecule has 1 aliphatic rings. The quantitative estimate of drug-likeness (QED) is 0.270. The summed E-state index contributed by atoms with van der Waals surface area (Å²) in [5.74, 6) is 0.410. The Balaban J connectivity index is 1.17. The summed E-state index contributed by atoms with van der Waals surface area (Å²) < 4.78 is 33.0. The molecule has 0 saturated carbocycles. The number of benzene rings is 3. The third-order valence-corrected chi connectivity index (χ3v) is 8.93. The predicted molar refractivity (Wildman–Crippen MR) is 166 cm³/mol. The molecule has 5 aromatic rings. The SMILES string of the molecule is O=C(c1ccc(Cl)cc1)N1CCN(c2cc(=O)[nH]c(=O)n2Cc2ccc(OS(=O)(=O)c3cccc4cnccc34)cc2)CC1. The number of aromatic nitrogens is 3. The summed E-state index contributed by atoms with van der Waals surface area (Å²) in [6, 6.07) is 20.9. The van der Waals surface area contributed by atoms with Gasteiger partial charge in [0.05, 0.1) is 6.54 Å². The smallest absolute Gasteiger partial charge is 0.339 e. The Labute approximate surface area is 257 Å². The molecular formula is C31H26ClN5O6S. The summed E-state index contributed by atoms with van der Waals surface area (Å²) in [6.45, 7) is 1.73. The van der Waals surface area contributed by atoms with Gasteiger partial charge in [-0.05, 0) is 54.1 Å². The average Bonchev–Trinajstić information content (AvgIpc) is 3.03. The van der Waals surface area contributed by atoms with Gasteiger partial charge in [0.2, 0.25) is 0 Å². The molecule has 0 bridgehead atoms. The summed E-state index contributed by atoms with van der Waals surface area (Å²) in [4.78, 5) is 48.1.